The molecular weight excluding hydrogens is 635 g/mol. The van der Waals surface area contributed by atoms with Crippen molar-refractivity contribution in [1.29, 1.82) is 0 Å². The van der Waals surface area contributed by atoms with Gasteiger partial charge < -0.3 is 0 Å². The molecular formula is C47H31N5. The van der Waals surface area contributed by atoms with E-state index < -0.39 is 0 Å². The molecule has 52 heavy (non-hydrogen) atoms. The van der Waals surface area contributed by atoms with Crippen LogP contribution in [0.2, 0.25) is 0 Å². The van der Waals surface area contributed by atoms with Gasteiger partial charge in [0.15, 0.2) is 5.82 Å². The molecule has 9 aromatic rings. The number of hydrogen-bond donors (Lipinski definition) is 0. The summed E-state index contributed by atoms with van der Waals surface area (Å²) in [5.41, 5.74) is 12.3. The van der Waals surface area contributed by atoms with Crippen molar-refractivity contribution in [3.8, 4) is 78.9 Å². The second-order valence-electron chi connectivity index (χ2n) is 12.6. The van der Waals surface area contributed by atoms with Crippen molar-refractivity contribution >= 4 is 10.8 Å². The maximum atomic E-state index is 5.07. The van der Waals surface area contributed by atoms with Gasteiger partial charge in [0.1, 0.15) is 0 Å². The van der Waals surface area contributed by atoms with E-state index in [1.165, 1.54) is 0 Å². The molecule has 0 aliphatic heterocycles. The summed E-state index contributed by atoms with van der Waals surface area (Å²) in [6, 6.07) is 59.9. The standard InChI is InChI=1S/C47H31N5/c1-4-12-32(13-5-1)40-27-45(50-46(28-40)44-26-37-18-10-11-19-38(37)30-49-44)41-25-24-39(31-48-41)33-20-22-36(23-21-33)47-51-42(34-14-6-2-7-15-34)29-43(52-47)35-16-8-3-9-17-35/h1-31H. The van der Waals surface area contributed by atoms with E-state index in [1.807, 2.05) is 73.1 Å². The number of rotatable bonds is 7. The van der Waals surface area contributed by atoms with Gasteiger partial charge in [-0.3, -0.25) is 9.97 Å². The molecule has 0 saturated heterocycles. The van der Waals surface area contributed by atoms with E-state index in [-0.39, 0.29) is 0 Å². The molecule has 9 rings (SSSR count). The van der Waals surface area contributed by atoms with Gasteiger partial charge in [0.25, 0.3) is 0 Å². The smallest absolute Gasteiger partial charge is 0.160 e. The Hall–Kier alpha value is -7.11. The van der Waals surface area contributed by atoms with Gasteiger partial charge in [0.05, 0.1) is 34.2 Å². The quantitative estimate of drug-likeness (QED) is 0.169. The maximum Gasteiger partial charge on any atom is 0.160 e. The molecule has 0 N–H and O–H groups in total. The van der Waals surface area contributed by atoms with Crippen molar-refractivity contribution in [3.05, 3.63) is 188 Å². The van der Waals surface area contributed by atoms with Crippen molar-refractivity contribution in [2.75, 3.05) is 0 Å². The zero-order valence-electron chi connectivity index (χ0n) is 28.1. The average Bonchev–Trinajstić information content (AvgIpc) is 3.24. The largest absolute Gasteiger partial charge is 0.254 e. The molecule has 0 atom stereocenters. The van der Waals surface area contributed by atoms with Gasteiger partial charge in [-0.15, -0.1) is 0 Å². The lowest BCUT2D eigenvalue weighted by Crippen LogP contribution is -1.96. The Labute approximate surface area is 302 Å². The van der Waals surface area contributed by atoms with E-state index >= 15 is 0 Å². The molecule has 0 unspecified atom stereocenters. The number of aromatic nitrogens is 5. The van der Waals surface area contributed by atoms with Crippen molar-refractivity contribution in [2.24, 2.45) is 0 Å². The fourth-order valence-corrected chi connectivity index (χ4v) is 6.43. The molecule has 4 heterocycles. The third kappa shape index (κ3) is 6.35. The first-order chi connectivity index (χ1) is 25.7. The molecule has 5 aromatic carbocycles. The summed E-state index contributed by atoms with van der Waals surface area (Å²) in [6.45, 7) is 0. The van der Waals surface area contributed by atoms with Crippen molar-refractivity contribution in [3.63, 3.8) is 0 Å². The highest BCUT2D eigenvalue weighted by atomic mass is 14.9. The second-order valence-corrected chi connectivity index (χ2v) is 12.6. The second kappa shape index (κ2) is 13.7. The summed E-state index contributed by atoms with van der Waals surface area (Å²) in [5.74, 6) is 0.682. The van der Waals surface area contributed by atoms with Crippen LogP contribution < -0.4 is 0 Å². The molecule has 0 amide bonds. The van der Waals surface area contributed by atoms with Crippen LogP contribution in [0.3, 0.4) is 0 Å². The normalized spacial score (nSPS) is 11.1. The predicted octanol–water partition coefficient (Wildman–Crippen LogP) is 11.5. The van der Waals surface area contributed by atoms with E-state index in [0.717, 1.165) is 83.9 Å². The molecule has 0 spiro atoms. The lowest BCUT2D eigenvalue weighted by atomic mass is 10.0. The van der Waals surface area contributed by atoms with E-state index in [1.54, 1.807) is 0 Å². The first-order valence-corrected chi connectivity index (χ1v) is 17.2. The Balaban J connectivity index is 1.04. The Bertz CT molecular complexity index is 2580. The summed E-state index contributed by atoms with van der Waals surface area (Å²) >= 11 is 0. The summed E-state index contributed by atoms with van der Waals surface area (Å²) in [5, 5.41) is 2.22. The zero-order valence-corrected chi connectivity index (χ0v) is 28.1. The first-order valence-electron chi connectivity index (χ1n) is 17.2. The van der Waals surface area contributed by atoms with Gasteiger partial charge in [0, 0.05) is 40.0 Å². The molecule has 0 fully saturated rings. The van der Waals surface area contributed by atoms with E-state index in [4.69, 9.17) is 24.9 Å². The van der Waals surface area contributed by atoms with Gasteiger partial charge in [-0.1, -0.05) is 146 Å². The number of nitrogens with zero attached hydrogens (tertiary/aromatic N) is 5. The molecule has 5 nitrogen and oxygen atoms in total. The Morgan fingerprint density at radius 3 is 1.37 bits per heavy atom. The highest BCUT2D eigenvalue weighted by molar-refractivity contribution is 5.86. The average molecular weight is 666 g/mol. The number of pyridine rings is 3. The Morgan fingerprint density at radius 1 is 0.250 bits per heavy atom. The van der Waals surface area contributed by atoms with Gasteiger partial charge in [-0.25, -0.2) is 15.0 Å². The molecule has 4 aromatic heterocycles. The van der Waals surface area contributed by atoms with Crippen LogP contribution in [0.5, 0.6) is 0 Å². The molecule has 244 valence electrons. The Morgan fingerprint density at radius 2 is 0.750 bits per heavy atom. The van der Waals surface area contributed by atoms with Crippen LogP contribution in [0.25, 0.3) is 89.7 Å². The van der Waals surface area contributed by atoms with E-state index in [2.05, 4.69) is 115 Å². The van der Waals surface area contributed by atoms with Crippen LogP contribution in [-0.2, 0) is 0 Å². The van der Waals surface area contributed by atoms with Crippen molar-refractivity contribution in [1.82, 2.24) is 24.9 Å². The van der Waals surface area contributed by atoms with Gasteiger partial charge in [0.2, 0.25) is 0 Å². The van der Waals surface area contributed by atoms with Crippen molar-refractivity contribution < 1.29 is 0 Å². The van der Waals surface area contributed by atoms with E-state index in [0.29, 0.717) is 5.82 Å². The minimum Gasteiger partial charge on any atom is -0.254 e. The fourth-order valence-electron chi connectivity index (χ4n) is 6.43. The number of benzene rings is 5. The maximum absolute atomic E-state index is 5.07. The summed E-state index contributed by atoms with van der Waals surface area (Å²) in [4.78, 5) is 24.7. The molecule has 5 heteroatoms. The van der Waals surface area contributed by atoms with Crippen LogP contribution in [-0.4, -0.2) is 24.9 Å². The number of fused-ring (bicyclic) bond motifs is 1. The molecule has 0 radical (unpaired) electrons. The predicted molar refractivity (Wildman–Crippen MR) is 211 cm³/mol. The zero-order chi connectivity index (χ0) is 34.7. The topological polar surface area (TPSA) is 64.5 Å². The first kappa shape index (κ1) is 30.9. The van der Waals surface area contributed by atoms with Gasteiger partial charge in [-0.2, -0.15) is 0 Å². The summed E-state index contributed by atoms with van der Waals surface area (Å²) in [7, 11) is 0. The highest BCUT2D eigenvalue weighted by Crippen LogP contribution is 2.32. The SMILES string of the molecule is c1ccc(-c2cc(-c3ccc(-c4ccc(-c5nc(-c6ccccc6)cc(-c6ccccc6)n5)cc4)cn3)nc(-c3cc4ccccc4cn3)c2)cc1. The van der Waals surface area contributed by atoms with Gasteiger partial charge >= 0.3 is 0 Å². The molecule has 0 bridgehead atoms. The van der Waals surface area contributed by atoms with Crippen LogP contribution >= 0.6 is 0 Å². The minimum atomic E-state index is 0.682. The third-order valence-electron chi connectivity index (χ3n) is 9.19. The number of hydrogen-bond acceptors (Lipinski definition) is 5. The summed E-state index contributed by atoms with van der Waals surface area (Å²) < 4.78 is 0. The Kier molecular flexibility index (Phi) is 8.12. The summed E-state index contributed by atoms with van der Waals surface area (Å²) in [6.07, 6.45) is 3.82. The fraction of sp³-hybridized carbons (Fsp3) is 0. The third-order valence-corrected chi connectivity index (χ3v) is 9.19. The lowest BCUT2D eigenvalue weighted by Gasteiger charge is -2.11. The van der Waals surface area contributed by atoms with Crippen LogP contribution in [0, 0.1) is 0 Å². The highest BCUT2D eigenvalue weighted by Gasteiger charge is 2.13. The van der Waals surface area contributed by atoms with E-state index in [9.17, 15) is 0 Å². The van der Waals surface area contributed by atoms with Crippen molar-refractivity contribution in [2.45, 2.75) is 0 Å². The molecule has 0 aliphatic rings. The lowest BCUT2D eigenvalue weighted by molar-refractivity contribution is 1.18. The van der Waals surface area contributed by atoms with Crippen LogP contribution in [0.1, 0.15) is 0 Å². The van der Waals surface area contributed by atoms with Gasteiger partial charge in [-0.05, 0) is 52.4 Å². The minimum absolute atomic E-state index is 0.682. The molecule has 0 aliphatic carbocycles. The van der Waals surface area contributed by atoms with Crippen LogP contribution in [0.4, 0.5) is 0 Å². The monoisotopic (exact) mass is 665 g/mol. The molecule has 0 saturated carbocycles. The van der Waals surface area contributed by atoms with Crippen LogP contribution in [0.15, 0.2) is 188 Å².